The van der Waals surface area contributed by atoms with E-state index in [1.54, 1.807) is 18.6 Å². The van der Waals surface area contributed by atoms with Crippen LogP contribution in [0.2, 0.25) is 0 Å². The third kappa shape index (κ3) is 3.11. The van der Waals surface area contributed by atoms with Crippen LogP contribution in [0.5, 0.6) is 0 Å². The molecule has 1 amide bonds. The van der Waals surface area contributed by atoms with Crippen molar-refractivity contribution in [3.05, 3.63) is 71.5 Å². The maximum Gasteiger partial charge on any atom is 0.290 e. The molecule has 7 heteroatoms. The van der Waals surface area contributed by atoms with E-state index in [1.165, 1.54) is 12.8 Å². The number of rotatable bonds is 4. The second-order valence-corrected chi connectivity index (χ2v) is 7.42. The van der Waals surface area contributed by atoms with E-state index >= 15 is 0 Å². The summed E-state index contributed by atoms with van der Waals surface area (Å²) in [5.74, 6) is 1.11. The summed E-state index contributed by atoms with van der Waals surface area (Å²) in [5, 5.41) is 0. The summed E-state index contributed by atoms with van der Waals surface area (Å²) in [6.45, 7) is 3.55. The molecular formula is C21H23N5O2. The van der Waals surface area contributed by atoms with Gasteiger partial charge < -0.3 is 14.3 Å². The van der Waals surface area contributed by atoms with Crippen molar-refractivity contribution in [1.29, 1.82) is 0 Å². The largest absolute Gasteiger partial charge is 0.455 e. The lowest BCUT2D eigenvalue weighted by molar-refractivity contribution is 0.0651. The molecule has 1 atom stereocenters. The van der Waals surface area contributed by atoms with Crippen LogP contribution in [0.4, 0.5) is 0 Å². The molecule has 0 saturated carbocycles. The Morgan fingerprint density at radius 3 is 2.86 bits per heavy atom. The van der Waals surface area contributed by atoms with E-state index < -0.39 is 0 Å². The summed E-state index contributed by atoms with van der Waals surface area (Å²) >= 11 is 0. The maximum absolute atomic E-state index is 13.3. The van der Waals surface area contributed by atoms with Crippen LogP contribution in [-0.4, -0.2) is 50.3 Å². The molecule has 0 radical (unpaired) electrons. The number of hydrogen-bond acceptors (Lipinski definition) is 5. The zero-order valence-electron chi connectivity index (χ0n) is 15.7. The number of H-pyrrole nitrogens is 1. The summed E-state index contributed by atoms with van der Waals surface area (Å²) in [6.07, 6.45) is 6.65. The molecule has 144 valence electrons. The predicted molar refractivity (Wildman–Crippen MR) is 103 cm³/mol. The highest BCUT2D eigenvalue weighted by Gasteiger charge is 2.36. The van der Waals surface area contributed by atoms with Gasteiger partial charge in [-0.25, -0.2) is 4.98 Å². The molecule has 5 rings (SSSR count). The molecule has 0 spiro atoms. The normalized spacial score (nSPS) is 19.7. The number of nitrogens with one attached hydrogen (secondary N) is 1. The molecule has 1 fully saturated rings. The molecule has 0 aliphatic carbocycles. The van der Waals surface area contributed by atoms with E-state index in [-0.39, 0.29) is 11.9 Å². The standard InChI is InChI=1S/C21H23N5O2/c27-21(18-7-6-15(28-18)13-25-10-3-4-11-25)26-12-8-16-19(24-14-23-16)20(26)17-5-1-2-9-22-17/h1-2,5-7,9,14,20H,3-4,8,10-13H2,(H,23,24). The monoisotopic (exact) mass is 377 g/mol. The van der Waals surface area contributed by atoms with Crippen molar-refractivity contribution in [2.75, 3.05) is 19.6 Å². The quantitative estimate of drug-likeness (QED) is 0.756. The molecule has 3 aromatic heterocycles. The van der Waals surface area contributed by atoms with Crippen molar-refractivity contribution in [3.63, 3.8) is 0 Å². The van der Waals surface area contributed by atoms with Gasteiger partial charge in [-0.2, -0.15) is 0 Å². The summed E-state index contributed by atoms with van der Waals surface area (Å²) in [6, 6.07) is 9.16. The number of fused-ring (bicyclic) bond motifs is 1. The first-order chi connectivity index (χ1) is 13.8. The van der Waals surface area contributed by atoms with Gasteiger partial charge in [-0.1, -0.05) is 6.07 Å². The van der Waals surface area contributed by atoms with Gasteiger partial charge in [0.1, 0.15) is 11.8 Å². The Kier molecular flexibility index (Phi) is 4.44. The summed E-state index contributed by atoms with van der Waals surface area (Å²) in [5.41, 5.74) is 2.74. The van der Waals surface area contributed by atoms with Crippen LogP contribution in [0, 0.1) is 0 Å². The molecule has 3 aromatic rings. The summed E-state index contributed by atoms with van der Waals surface area (Å²) < 4.78 is 5.93. The van der Waals surface area contributed by atoms with Crippen molar-refractivity contribution in [2.24, 2.45) is 0 Å². The molecular weight excluding hydrogens is 354 g/mol. The number of pyridine rings is 1. The number of imidazole rings is 1. The fourth-order valence-electron chi connectivity index (χ4n) is 4.21. The first kappa shape index (κ1) is 17.2. The Hall–Kier alpha value is -2.93. The van der Waals surface area contributed by atoms with Gasteiger partial charge in [-0.05, 0) is 50.2 Å². The van der Waals surface area contributed by atoms with Gasteiger partial charge in [0.2, 0.25) is 0 Å². The van der Waals surface area contributed by atoms with Gasteiger partial charge in [-0.3, -0.25) is 14.7 Å². The second kappa shape index (κ2) is 7.24. The molecule has 0 bridgehead atoms. The van der Waals surface area contributed by atoms with Gasteiger partial charge in [0, 0.05) is 24.9 Å². The van der Waals surface area contributed by atoms with Crippen LogP contribution in [0.25, 0.3) is 0 Å². The van der Waals surface area contributed by atoms with Crippen molar-refractivity contribution in [2.45, 2.75) is 31.8 Å². The molecule has 1 N–H and O–H groups in total. The van der Waals surface area contributed by atoms with E-state index in [0.717, 1.165) is 48.9 Å². The van der Waals surface area contributed by atoms with Crippen molar-refractivity contribution >= 4 is 5.91 Å². The number of carbonyl (C=O) groups excluding carboxylic acids is 1. The lowest BCUT2D eigenvalue weighted by Gasteiger charge is -2.34. The Morgan fingerprint density at radius 2 is 2.04 bits per heavy atom. The first-order valence-electron chi connectivity index (χ1n) is 9.85. The summed E-state index contributed by atoms with van der Waals surface area (Å²) in [7, 11) is 0. The van der Waals surface area contributed by atoms with E-state index in [1.807, 2.05) is 29.2 Å². The zero-order chi connectivity index (χ0) is 18.9. The number of hydrogen-bond donors (Lipinski definition) is 1. The van der Waals surface area contributed by atoms with Crippen molar-refractivity contribution in [1.82, 2.24) is 24.8 Å². The molecule has 2 aliphatic rings. The highest BCUT2D eigenvalue weighted by Crippen LogP contribution is 2.33. The second-order valence-electron chi connectivity index (χ2n) is 7.42. The molecule has 7 nitrogen and oxygen atoms in total. The smallest absolute Gasteiger partial charge is 0.290 e. The SMILES string of the molecule is O=C(c1ccc(CN2CCCC2)o1)N1CCc2[nH]cnc2C1c1ccccn1. The van der Waals surface area contributed by atoms with E-state index in [4.69, 9.17) is 4.42 Å². The van der Waals surface area contributed by atoms with Gasteiger partial charge in [0.05, 0.1) is 24.3 Å². The topological polar surface area (TPSA) is 78.3 Å². The number of aromatic amines is 1. The Balaban J connectivity index is 1.42. The number of likely N-dealkylation sites (tertiary alicyclic amines) is 1. The Morgan fingerprint density at radius 1 is 1.14 bits per heavy atom. The van der Waals surface area contributed by atoms with Gasteiger partial charge >= 0.3 is 0 Å². The van der Waals surface area contributed by atoms with Crippen LogP contribution >= 0.6 is 0 Å². The fourth-order valence-corrected chi connectivity index (χ4v) is 4.21. The highest BCUT2D eigenvalue weighted by atomic mass is 16.4. The number of furan rings is 1. The molecule has 0 aromatic carbocycles. The average molecular weight is 377 g/mol. The van der Waals surface area contributed by atoms with Crippen molar-refractivity contribution < 1.29 is 9.21 Å². The molecule has 1 unspecified atom stereocenters. The first-order valence-corrected chi connectivity index (χ1v) is 9.85. The molecule has 28 heavy (non-hydrogen) atoms. The predicted octanol–water partition coefficient (Wildman–Crippen LogP) is 2.78. The van der Waals surface area contributed by atoms with Gasteiger partial charge in [0.15, 0.2) is 5.76 Å². The van der Waals surface area contributed by atoms with Crippen LogP contribution in [-0.2, 0) is 13.0 Å². The zero-order valence-corrected chi connectivity index (χ0v) is 15.7. The maximum atomic E-state index is 13.3. The van der Waals surface area contributed by atoms with Gasteiger partial charge in [-0.15, -0.1) is 0 Å². The van der Waals surface area contributed by atoms with Crippen LogP contribution < -0.4 is 0 Å². The minimum atomic E-state index is -0.309. The van der Waals surface area contributed by atoms with Crippen LogP contribution in [0.3, 0.4) is 0 Å². The molecule has 1 saturated heterocycles. The van der Waals surface area contributed by atoms with E-state index in [0.29, 0.717) is 12.3 Å². The minimum absolute atomic E-state index is 0.114. The lowest BCUT2D eigenvalue weighted by Crippen LogP contribution is -2.41. The summed E-state index contributed by atoms with van der Waals surface area (Å²) in [4.78, 5) is 29.7. The lowest BCUT2D eigenvalue weighted by atomic mass is 9.99. The highest BCUT2D eigenvalue weighted by molar-refractivity contribution is 5.92. The van der Waals surface area contributed by atoms with Crippen LogP contribution in [0.15, 0.2) is 47.3 Å². The third-order valence-corrected chi connectivity index (χ3v) is 5.60. The van der Waals surface area contributed by atoms with E-state index in [2.05, 4.69) is 19.9 Å². The number of carbonyl (C=O) groups is 1. The number of nitrogens with zero attached hydrogens (tertiary/aromatic N) is 4. The average Bonchev–Trinajstić information content (AvgIpc) is 3.49. The number of amides is 1. The number of aromatic nitrogens is 3. The van der Waals surface area contributed by atoms with E-state index in [9.17, 15) is 4.79 Å². The Labute approximate surface area is 163 Å². The molecule has 2 aliphatic heterocycles. The minimum Gasteiger partial charge on any atom is -0.455 e. The Bertz CT molecular complexity index is 958. The fraction of sp³-hybridized carbons (Fsp3) is 0.381. The molecule has 5 heterocycles. The van der Waals surface area contributed by atoms with Crippen molar-refractivity contribution in [3.8, 4) is 0 Å². The van der Waals surface area contributed by atoms with Crippen LogP contribution in [0.1, 0.15) is 52.3 Å². The third-order valence-electron chi connectivity index (χ3n) is 5.60. The van der Waals surface area contributed by atoms with Gasteiger partial charge in [0.25, 0.3) is 5.91 Å².